The van der Waals surface area contributed by atoms with Crippen molar-refractivity contribution in [2.24, 2.45) is 0 Å². The third-order valence-electron chi connectivity index (χ3n) is 3.00. The van der Waals surface area contributed by atoms with Crippen LogP contribution in [0.15, 0.2) is 40.2 Å². The molecule has 0 radical (unpaired) electrons. The van der Waals surface area contributed by atoms with Crippen molar-refractivity contribution in [2.75, 3.05) is 4.72 Å². The summed E-state index contributed by atoms with van der Waals surface area (Å²) in [5.74, 6) is 0. The quantitative estimate of drug-likeness (QED) is 0.858. The Kier molecular flexibility index (Phi) is 3.73. The number of nitrogens with zero attached hydrogens (tertiary/aromatic N) is 1. The van der Waals surface area contributed by atoms with Crippen LogP contribution in [0.25, 0.3) is 0 Å². The third kappa shape index (κ3) is 3.36. The summed E-state index contributed by atoms with van der Waals surface area (Å²) in [6, 6.07) is 5.59. The number of thiophene rings is 1. The number of rotatable bonds is 6. The first kappa shape index (κ1) is 13.5. The Labute approximate surface area is 122 Å². The van der Waals surface area contributed by atoms with Crippen molar-refractivity contribution in [1.82, 2.24) is 10.3 Å². The van der Waals surface area contributed by atoms with Crippen LogP contribution in [0.5, 0.6) is 0 Å². The van der Waals surface area contributed by atoms with E-state index in [-0.39, 0.29) is 0 Å². The van der Waals surface area contributed by atoms with Crippen molar-refractivity contribution >= 4 is 27.0 Å². The highest BCUT2D eigenvalue weighted by molar-refractivity contribution is 7.94. The fourth-order valence-corrected chi connectivity index (χ4v) is 4.03. The Morgan fingerprint density at radius 3 is 2.75 bits per heavy atom. The summed E-state index contributed by atoms with van der Waals surface area (Å²) in [5.41, 5.74) is 1.53. The van der Waals surface area contributed by atoms with Gasteiger partial charge in [-0.25, -0.2) is 8.42 Å². The van der Waals surface area contributed by atoms with Gasteiger partial charge in [0.1, 0.15) is 4.21 Å². The summed E-state index contributed by atoms with van der Waals surface area (Å²) in [7, 11) is -3.50. The van der Waals surface area contributed by atoms with Crippen molar-refractivity contribution in [3.63, 3.8) is 0 Å². The molecule has 0 unspecified atom stereocenters. The summed E-state index contributed by atoms with van der Waals surface area (Å²) in [6.07, 6.45) is 5.55. The minimum Gasteiger partial charge on any atom is -0.310 e. The molecule has 1 aliphatic rings. The Morgan fingerprint density at radius 2 is 2.05 bits per heavy atom. The molecule has 20 heavy (non-hydrogen) atoms. The molecule has 106 valence electrons. The number of sulfonamides is 1. The van der Waals surface area contributed by atoms with Gasteiger partial charge in [0.15, 0.2) is 0 Å². The van der Waals surface area contributed by atoms with Gasteiger partial charge in [0.05, 0.1) is 5.69 Å². The lowest BCUT2D eigenvalue weighted by molar-refractivity contribution is 0.603. The van der Waals surface area contributed by atoms with E-state index in [2.05, 4.69) is 15.0 Å². The van der Waals surface area contributed by atoms with Crippen molar-refractivity contribution in [2.45, 2.75) is 29.6 Å². The first-order valence-electron chi connectivity index (χ1n) is 6.37. The van der Waals surface area contributed by atoms with Gasteiger partial charge >= 0.3 is 0 Å². The van der Waals surface area contributed by atoms with Crippen LogP contribution in [0.3, 0.4) is 0 Å². The van der Waals surface area contributed by atoms with E-state index >= 15 is 0 Å². The van der Waals surface area contributed by atoms with E-state index in [0.717, 1.165) is 12.1 Å². The Balaban J connectivity index is 1.70. The van der Waals surface area contributed by atoms with Crippen molar-refractivity contribution in [3.8, 4) is 0 Å². The molecule has 0 aromatic carbocycles. The van der Waals surface area contributed by atoms with Crippen LogP contribution in [0, 0.1) is 0 Å². The smallest absolute Gasteiger partial charge is 0.271 e. The molecular formula is C13H15N3O2S2. The Morgan fingerprint density at radius 1 is 1.30 bits per heavy atom. The molecule has 0 bridgehead atoms. The molecule has 2 heterocycles. The second-order valence-electron chi connectivity index (χ2n) is 4.77. The molecule has 2 aromatic rings. The predicted octanol–water partition coefficient (Wildman–Crippen LogP) is 2.20. The van der Waals surface area contributed by atoms with Crippen molar-refractivity contribution < 1.29 is 8.42 Å². The Hall–Kier alpha value is -1.44. The second-order valence-corrected chi connectivity index (χ2v) is 7.59. The molecule has 2 aromatic heterocycles. The molecule has 0 amide bonds. The van der Waals surface area contributed by atoms with Gasteiger partial charge in [-0.05, 0) is 42.0 Å². The number of hydrogen-bond acceptors (Lipinski definition) is 5. The maximum atomic E-state index is 12.2. The van der Waals surface area contributed by atoms with Gasteiger partial charge in [-0.2, -0.15) is 0 Å². The summed E-state index contributed by atoms with van der Waals surface area (Å²) >= 11 is 1.24. The lowest BCUT2D eigenvalue weighted by atomic mass is 10.3. The fourth-order valence-electron chi connectivity index (χ4n) is 1.76. The van der Waals surface area contributed by atoms with Gasteiger partial charge in [0.2, 0.25) is 0 Å². The highest BCUT2D eigenvalue weighted by atomic mass is 32.2. The zero-order chi connectivity index (χ0) is 14.0. The molecule has 7 heteroatoms. The molecule has 5 nitrogen and oxygen atoms in total. The molecular weight excluding hydrogens is 294 g/mol. The van der Waals surface area contributed by atoms with Gasteiger partial charge in [-0.15, -0.1) is 11.3 Å². The molecule has 1 aliphatic carbocycles. The largest absolute Gasteiger partial charge is 0.310 e. The van der Waals surface area contributed by atoms with Gasteiger partial charge < -0.3 is 5.32 Å². The third-order valence-corrected chi connectivity index (χ3v) is 5.87. The maximum Gasteiger partial charge on any atom is 0.271 e. The van der Waals surface area contributed by atoms with Crippen LogP contribution in [0.1, 0.15) is 18.4 Å². The minimum atomic E-state index is -3.50. The molecule has 2 N–H and O–H groups in total. The Bertz CT molecular complexity index is 679. The lowest BCUT2D eigenvalue weighted by Crippen LogP contribution is -2.15. The maximum absolute atomic E-state index is 12.2. The number of aromatic nitrogens is 1. The van der Waals surface area contributed by atoms with Crippen LogP contribution < -0.4 is 10.0 Å². The number of hydrogen-bond donors (Lipinski definition) is 2. The zero-order valence-corrected chi connectivity index (χ0v) is 12.4. The van der Waals surface area contributed by atoms with E-state index in [1.54, 1.807) is 30.6 Å². The monoisotopic (exact) mass is 309 g/mol. The second kappa shape index (κ2) is 5.51. The normalized spacial score (nSPS) is 15.2. The van der Waals surface area contributed by atoms with Crippen LogP contribution in [-0.4, -0.2) is 19.4 Å². The number of pyridine rings is 1. The van der Waals surface area contributed by atoms with Gasteiger partial charge in [0.25, 0.3) is 10.0 Å². The topological polar surface area (TPSA) is 71.1 Å². The fraction of sp³-hybridized carbons (Fsp3) is 0.308. The van der Waals surface area contributed by atoms with Crippen LogP contribution in [0.4, 0.5) is 5.69 Å². The number of anilines is 1. The average molecular weight is 309 g/mol. The zero-order valence-electron chi connectivity index (χ0n) is 10.7. The van der Waals surface area contributed by atoms with Crippen LogP contribution in [0.2, 0.25) is 0 Å². The standard InChI is InChI=1S/C13H15N3O2S2/c17-20(18,16-12-3-5-14-6-4-12)13-7-10(9-19-13)8-15-11-1-2-11/h3-7,9,11,15H,1-2,8H2,(H,14,16). The summed E-state index contributed by atoms with van der Waals surface area (Å²) < 4.78 is 27.3. The van der Waals surface area contributed by atoms with E-state index in [4.69, 9.17) is 0 Å². The average Bonchev–Trinajstić information content (AvgIpc) is 3.13. The summed E-state index contributed by atoms with van der Waals surface area (Å²) in [5, 5.41) is 5.26. The number of nitrogens with one attached hydrogen (secondary N) is 2. The first-order valence-corrected chi connectivity index (χ1v) is 8.73. The highest BCUT2D eigenvalue weighted by Gasteiger charge is 2.21. The molecule has 0 spiro atoms. The van der Waals surface area contributed by atoms with Gasteiger partial charge in [0, 0.05) is 25.0 Å². The molecule has 1 fully saturated rings. The van der Waals surface area contributed by atoms with Crippen LogP contribution >= 0.6 is 11.3 Å². The summed E-state index contributed by atoms with van der Waals surface area (Å²) in [4.78, 5) is 3.86. The SMILES string of the molecule is O=S(=O)(Nc1ccncc1)c1cc(CNC2CC2)cs1. The van der Waals surface area contributed by atoms with Crippen LogP contribution in [-0.2, 0) is 16.6 Å². The highest BCUT2D eigenvalue weighted by Crippen LogP contribution is 2.24. The first-order chi connectivity index (χ1) is 9.63. The molecule has 0 atom stereocenters. The predicted molar refractivity (Wildman–Crippen MR) is 79.2 cm³/mol. The molecule has 3 rings (SSSR count). The van der Waals surface area contributed by atoms with E-state index in [9.17, 15) is 8.42 Å². The van der Waals surface area contributed by atoms with E-state index in [1.807, 2.05) is 5.38 Å². The van der Waals surface area contributed by atoms with Gasteiger partial charge in [-0.3, -0.25) is 9.71 Å². The molecule has 1 saturated carbocycles. The van der Waals surface area contributed by atoms with Gasteiger partial charge in [-0.1, -0.05) is 0 Å². The van der Waals surface area contributed by atoms with Crippen molar-refractivity contribution in [1.29, 1.82) is 0 Å². The van der Waals surface area contributed by atoms with E-state index in [0.29, 0.717) is 15.9 Å². The molecule has 0 saturated heterocycles. The lowest BCUT2D eigenvalue weighted by Gasteiger charge is -2.05. The van der Waals surface area contributed by atoms with E-state index in [1.165, 1.54) is 24.2 Å². The molecule has 0 aliphatic heterocycles. The summed E-state index contributed by atoms with van der Waals surface area (Å²) in [6.45, 7) is 0.728. The minimum absolute atomic E-state index is 0.335. The van der Waals surface area contributed by atoms with Crippen molar-refractivity contribution in [3.05, 3.63) is 41.5 Å². The van der Waals surface area contributed by atoms with E-state index < -0.39 is 10.0 Å².